The predicted molar refractivity (Wildman–Crippen MR) is 115 cm³/mol. The summed E-state index contributed by atoms with van der Waals surface area (Å²) in [6.45, 7) is 2.23. The Hall–Kier alpha value is -1.58. The molecule has 25 heavy (non-hydrogen) atoms. The molecule has 3 heteroatoms. The van der Waals surface area contributed by atoms with Crippen LogP contribution in [0.4, 0.5) is 17.1 Å². The second-order valence-electron chi connectivity index (χ2n) is 6.06. The summed E-state index contributed by atoms with van der Waals surface area (Å²) in [7, 11) is 0. The summed E-state index contributed by atoms with van der Waals surface area (Å²) in [5.41, 5.74) is 4.86. The molecular formula is C22H21Br2N. The summed E-state index contributed by atoms with van der Waals surface area (Å²) >= 11 is 7.05. The van der Waals surface area contributed by atoms with Crippen LogP contribution in [0.25, 0.3) is 0 Å². The standard InChI is InChI=1S/C22H21Br2N/c1-2-3-4-17-5-11-20(12-6-17)25(21-13-7-18(23)8-14-21)22-15-9-19(24)10-16-22/h5-16H,2-4H2,1H3. The number of benzene rings is 3. The van der Waals surface area contributed by atoms with E-state index >= 15 is 0 Å². The van der Waals surface area contributed by atoms with Gasteiger partial charge in [-0.25, -0.2) is 0 Å². The van der Waals surface area contributed by atoms with Crippen LogP contribution in [-0.4, -0.2) is 0 Å². The molecule has 0 amide bonds. The van der Waals surface area contributed by atoms with Gasteiger partial charge in [-0.15, -0.1) is 0 Å². The zero-order chi connectivity index (χ0) is 17.6. The molecule has 3 rings (SSSR count). The van der Waals surface area contributed by atoms with E-state index in [0.29, 0.717) is 0 Å². The Balaban J connectivity index is 1.98. The Morgan fingerprint density at radius 3 is 1.44 bits per heavy atom. The fraction of sp³-hybridized carbons (Fsp3) is 0.182. The molecule has 0 aromatic heterocycles. The second kappa shape index (κ2) is 8.68. The molecule has 0 saturated heterocycles. The lowest BCUT2D eigenvalue weighted by Crippen LogP contribution is -2.09. The molecule has 0 saturated carbocycles. The summed E-state index contributed by atoms with van der Waals surface area (Å²) in [4.78, 5) is 2.28. The summed E-state index contributed by atoms with van der Waals surface area (Å²) in [5.74, 6) is 0. The third-order valence-corrected chi connectivity index (χ3v) is 5.24. The highest BCUT2D eigenvalue weighted by Crippen LogP contribution is 2.35. The maximum atomic E-state index is 3.53. The number of aryl methyl sites for hydroxylation is 1. The molecule has 128 valence electrons. The van der Waals surface area contributed by atoms with Crippen LogP contribution in [0.1, 0.15) is 25.3 Å². The van der Waals surface area contributed by atoms with Crippen LogP contribution in [0.3, 0.4) is 0 Å². The van der Waals surface area contributed by atoms with Crippen molar-refractivity contribution in [3.63, 3.8) is 0 Å². The van der Waals surface area contributed by atoms with Crippen LogP contribution < -0.4 is 4.90 Å². The van der Waals surface area contributed by atoms with Crippen LogP contribution in [0.2, 0.25) is 0 Å². The third-order valence-electron chi connectivity index (χ3n) is 4.18. The Bertz CT molecular complexity index is 747. The fourth-order valence-electron chi connectivity index (χ4n) is 2.82. The average molecular weight is 459 g/mol. The lowest BCUT2D eigenvalue weighted by Gasteiger charge is -2.25. The van der Waals surface area contributed by atoms with E-state index in [4.69, 9.17) is 0 Å². The van der Waals surface area contributed by atoms with Gasteiger partial charge in [-0.2, -0.15) is 0 Å². The van der Waals surface area contributed by atoms with Gasteiger partial charge >= 0.3 is 0 Å². The van der Waals surface area contributed by atoms with E-state index in [0.717, 1.165) is 26.7 Å². The molecular weight excluding hydrogens is 438 g/mol. The molecule has 0 bridgehead atoms. The average Bonchev–Trinajstić information content (AvgIpc) is 2.64. The molecule has 0 spiro atoms. The highest BCUT2D eigenvalue weighted by molar-refractivity contribution is 9.10. The summed E-state index contributed by atoms with van der Waals surface area (Å²) in [6.07, 6.45) is 3.61. The van der Waals surface area contributed by atoms with E-state index in [1.807, 2.05) is 0 Å². The summed E-state index contributed by atoms with van der Waals surface area (Å²) in [6, 6.07) is 25.8. The molecule has 0 unspecified atom stereocenters. The maximum absolute atomic E-state index is 3.53. The zero-order valence-electron chi connectivity index (χ0n) is 14.3. The second-order valence-corrected chi connectivity index (χ2v) is 7.89. The third kappa shape index (κ3) is 4.74. The van der Waals surface area contributed by atoms with Crippen LogP contribution in [-0.2, 0) is 6.42 Å². The van der Waals surface area contributed by atoms with Gasteiger partial charge in [0.25, 0.3) is 0 Å². The topological polar surface area (TPSA) is 3.24 Å². The normalized spacial score (nSPS) is 10.7. The van der Waals surface area contributed by atoms with Crippen molar-refractivity contribution in [3.05, 3.63) is 87.3 Å². The highest BCUT2D eigenvalue weighted by Gasteiger charge is 2.12. The van der Waals surface area contributed by atoms with Gasteiger partial charge < -0.3 is 4.90 Å². The predicted octanol–water partition coefficient (Wildman–Crippen LogP) is 8.02. The van der Waals surface area contributed by atoms with Gasteiger partial charge in [-0.05, 0) is 79.1 Å². The van der Waals surface area contributed by atoms with E-state index in [2.05, 4.69) is 116 Å². The van der Waals surface area contributed by atoms with E-state index in [9.17, 15) is 0 Å². The Morgan fingerprint density at radius 1 is 0.640 bits per heavy atom. The Kier molecular flexibility index (Phi) is 6.33. The molecule has 1 nitrogen and oxygen atoms in total. The molecule has 0 aliphatic carbocycles. The molecule has 0 atom stereocenters. The van der Waals surface area contributed by atoms with Crippen molar-refractivity contribution in [2.24, 2.45) is 0 Å². The maximum Gasteiger partial charge on any atom is 0.0462 e. The first kappa shape index (κ1) is 18.2. The first-order valence-electron chi connectivity index (χ1n) is 8.57. The van der Waals surface area contributed by atoms with Crippen LogP contribution in [0.15, 0.2) is 81.7 Å². The number of halogens is 2. The fourth-order valence-corrected chi connectivity index (χ4v) is 3.35. The van der Waals surface area contributed by atoms with Crippen LogP contribution in [0, 0.1) is 0 Å². The van der Waals surface area contributed by atoms with Crippen molar-refractivity contribution >= 4 is 48.9 Å². The molecule has 0 aliphatic heterocycles. The van der Waals surface area contributed by atoms with Gasteiger partial charge in [0.2, 0.25) is 0 Å². The number of hydrogen-bond acceptors (Lipinski definition) is 1. The molecule has 0 aliphatic rings. The van der Waals surface area contributed by atoms with E-state index in [1.54, 1.807) is 0 Å². The van der Waals surface area contributed by atoms with Crippen molar-refractivity contribution in [3.8, 4) is 0 Å². The quantitative estimate of drug-likeness (QED) is 0.361. The van der Waals surface area contributed by atoms with Crippen molar-refractivity contribution in [1.82, 2.24) is 0 Å². The van der Waals surface area contributed by atoms with Gasteiger partial charge in [-0.1, -0.05) is 57.3 Å². The van der Waals surface area contributed by atoms with E-state index < -0.39 is 0 Å². The van der Waals surface area contributed by atoms with Gasteiger partial charge in [0.1, 0.15) is 0 Å². The minimum Gasteiger partial charge on any atom is -0.311 e. The van der Waals surface area contributed by atoms with E-state index in [1.165, 1.54) is 24.1 Å². The van der Waals surface area contributed by atoms with Gasteiger partial charge in [-0.3, -0.25) is 0 Å². The largest absolute Gasteiger partial charge is 0.311 e. The molecule has 3 aromatic carbocycles. The van der Waals surface area contributed by atoms with Gasteiger partial charge in [0.05, 0.1) is 0 Å². The lowest BCUT2D eigenvalue weighted by atomic mass is 10.1. The van der Waals surface area contributed by atoms with Gasteiger partial charge in [0, 0.05) is 26.0 Å². The monoisotopic (exact) mass is 457 g/mol. The SMILES string of the molecule is CCCCc1ccc(N(c2ccc(Br)cc2)c2ccc(Br)cc2)cc1. The lowest BCUT2D eigenvalue weighted by molar-refractivity contribution is 0.795. The summed E-state index contributed by atoms with van der Waals surface area (Å²) in [5, 5.41) is 0. The van der Waals surface area contributed by atoms with E-state index in [-0.39, 0.29) is 0 Å². The first-order chi connectivity index (χ1) is 12.2. The van der Waals surface area contributed by atoms with Crippen molar-refractivity contribution < 1.29 is 0 Å². The number of unbranched alkanes of at least 4 members (excludes halogenated alkanes) is 1. The molecule has 0 radical (unpaired) electrons. The zero-order valence-corrected chi connectivity index (χ0v) is 17.4. The van der Waals surface area contributed by atoms with Gasteiger partial charge in [0.15, 0.2) is 0 Å². The van der Waals surface area contributed by atoms with Crippen LogP contribution >= 0.6 is 31.9 Å². The molecule has 0 heterocycles. The van der Waals surface area contributed by atoms with Crippen molar-refractivity contribution in [1.29, 1.82) is 0 Å². The summed E-state index contributed by atoms with van der Waals surface area (Å²) < 4.78 is 2.17. The Morgan fingerprint density at radius 2 is 1.04 bits per heavy atom. The first-order valence-corrected chi connectivity index (χ1v) is 10.2. The number of rotatable bonds is 6. The highest BCUT2D eigenvalue weighted by atomic mass is 79.9. The smallest absolute Gasteiger partial charge is 0.0462 e. The number of nitrogens with zero attached hydrogens (tertiary/aromatic N) is 1. The van der Waals surface area contributed by atoms with Crippen molar-refractivity contribution in [2.75, 3.05) is 4.90 Å². The number of hydrogen-bond donors (Lipinski definition) is 0. The van der Waals surface area contributed by atoms with Crippen molar-refractivity contribution in [2.45, 2.75) is 26.2 Å². The Labute approximate surface area is 167 Å². The molecule has 3 aromatic rings. The molecule has 0 N–H and O–H groups in total. The number of anilines is 3. The molecule has 0 fully saturated rings. The minimum atomic E-state index is 1.09. The van der Waals surface area contributed by atoms with Crippen LogP contribution in [0.5, 0.6) is 0 Å². The minimum absolute atomic E-state index is 1.09.